The molecular formula is C14H16FNO2. The van der Waals surface area contributed by atoms with Crippen LogP contribution in [0, 0.1) is 5.82 Å². The van der Waals surface area contributed by atoms with Gasteiger partial charge in [0.1, 0.15) is 5.82 Å². The Bertz CT molecular complexity index is 479. The van der Waals surface area contributed by atoms with Crippen LogP contribution in [0.15, 0.2) is 29.8 Å². The van der Waals surface area contributed by atoms with Gasteiger partial charge in [-0.1, -0.05) is 12.1 Å². The molecule has 96 valence electrons. The monoisotopic (exact) mass is 249 g/mol. The van der Waals surface area contributed by atoms with Crippen LogP contribution in [0.25, 0.3) is 5.57 Å². The molecule has 1 heterocycles. The largest absolute Gasteiger partial charge is 0.466 e. The van der Waals surface area contributed by atoms with Crippen molar-refractivity contribution in [3.05, 3.63) is 41.2 Å². The van der Waals surface area contributed by atoms with Gasteiger partial charge in [0.05, 0.1) is 12.7 Å². The van der Waals surface area contributed by atoms with Gasteiger partial charge in [0.15, 0.2) is 0 Å². The van der Waals surface area contributed by atoms with E-state index in [0.29, 0.717) is 12.1 Å². The summed E-state index contributed by atoms with van der Waals surface area (Å²) in [5, 5.41) is 0. The summed E-state index contributed by atoms with van der Waals surface area (Å²) >= 11 is 0. The number of benzene rings is 1. The molecule has 0 fully saturated rings. The van der Waals surface area contributed by atoms with Gasteiger partial charge in [-0.15, -0.1) is 0 Å². The van der Waals surface area contributed by atoms with Crippen LogP contribution < -0.4 is 0 Å². The quantitative estimate of drug-likeness (QED) is 0.752. The van der Waals surface area contributed by atoms with Gasteiger partial charge in [-0.05, 0) is 36.7 Å². The Morgan fingerprint density at radius 3 is 2.61 bits per heavy atom. The van der Waals surface area contributed by atoms with Gasteiger partial charge in [0, 0.05) is 13.1 Å². The van der Waals surface area contributed by atoms with Gasteiger partial charge in [-0.2, -0.15) is 0 Å². The molecule has 4 heteroatoms. The number of hydrogen-bond donors (Lipinski definition) is 0. The third kappa shape index (κ3) is 2.59. The number of halogens is 1. The maximum atomic E-state index is 12.9. The number of rotatable bonds is 2. The standard InChI is InChI=1S/C14H16FNO2/c1-16-8-7-12(13(9-16)14(17)18-2)10-3-5-11(15)6-4-10/h3-6H,7-9H2,1-2H3. The molecule has 1 aromatic carbocycles. The van der Waals surface area contributed by atoms with Crippen molar-refractivity contribution in [2.24, 2.45) is 0 Å². The molecule has 0 amide bonds. The van der Waals surface area contributed by atoms with Gasteiger partial charge >= 0.3 is 5.97 Å². The Kier molecular flexibility index (Phi) is 3.77. The average molecular weight is 249 g/mol. The fraction of sp³-hybridized carbons (Fsp3) is 0.357. The van der Waals surface area contributed by atoms with Crippen LogP contribution in [-0.4, -0.2) is 38.1 Å². The van der Waals surface area contributed by atoms with Crippen molar-refractivity contribution in [3.8, 4) is 0 Å². The molecule has 1 aliphatic heterocycles. The second-order valence-electron chi connectivity index (χ2n) is 4.44. The summed E-state index contributed by atoms with van der Waals surface area (Å²) in [6.07, 6.45) is 0.770. The summed E-state index contributed by atoms with van der Waals surface area (Å²) in [5.41, 5.74) is 2.52. The first-order chi connectivity index (χ1) is 8.61. The van der Waals surface area contributed by atoms with Crippen LogP contribution in [0.2, 0.25) is 0 Å². The van der Waals surface area contributed by atoms with Gasteiger partial charge in [-0.25, -0.2) is 9.18 Å². The molecule has 0 atom stereocenters. The molecule has 0 spiro atoms. The highest BCUT2D eigenvalue weighted by Crippen LogP contribution is 2.27. The highest BCUT2D eigenvalue weighted by Gasteiger charge is 2.23. The molecule has 0 N–H and O–H groups in total. The van der Waals surface area contributed by atoms with E-state index in [1.54, 1.807) is 12.1 Å². The lowest BCUT2D eigenvalue weighted by Crippen LogP contribution is -2.31. The minimum absolute atomic E-state index is 0.271. The van der Waals surface area contributed by atoms with Crippen molar-refractivity contribution in [1.82, 2.24) is 4.90 Å². The second kappa shape index (κ2) is 5.31. The van der Waals surface area contributed by atoms with Gasteiger partial charge in [0.2, 0.25) is 0 Å². The van der Waals surface area contributed by atoms with Crippen LogP contribution in [0.4, 0.5) is 4.39 Å². The first-order valence-corrected chi connectivity index (χ1v) is 5.86. The maximum Gasteiger partial charge on any atom is 0.335 e. The number of carbonyl (C=O) groups excluding carboxylic acids is 1. The van der Waals surface area contributed by atoms with E-state index in [0.717, 1.165) is 24.1 Å². The van der Waals surface area contributed by atoms with E-state index in [1.807, 2.05) is 7.05 Å². The Hall–Kier alpha value is -1.68. The molecule has 1 aliphatic rings. The summed E-state index contributed by atoms with van der Waals surface area (Å²) in [5.74, 6) is -0.576. The zero-order chi connectivity index (χ0) is 13.1. The van der Waals surface area contributed by atoms with Crippen LogP contribution in [0.5, 0.6) is 0 Å². The lowest BCUT2D eigenvalue weighted by atomic mass is 9.93. The molecular weight excluding hydrogens is 233 g/mol. The van der Waals surface area contributed by atoms with Gasteiger partial charge in [-0.3, -0.25) is 0 Å². The third-order valence-electron chi connectivity index (χ3n) is 3.16. The second-order valence-corrected chi connectivity index (χ2v) is 4.44. The van der Waals surface area contributed by atoms with E-state index in [1.165, 1.54) is 19.2 Å². The van der Waals surface area contributed by atoms with Crippen molar-refractivity contribution in [2.75, 3.05) is 27.2 Å². The number of likely N-dealkylation sites (N-methyl/N-ethyl adjacent to an activating group) is 1. The predicted molar refractivity (Wildman–Crippen MR) is 67.5 cm³/mol. The number of esters is 1. The van der Waals surface area contributed by atoms with E-state index >= 15 is 0 Å². The minimum Gasteiger partial charge on any atom is -0.466 e. The van der Waals surface area contributed by atoms with Crippen LogP contribution in [0.3, 0.4) is 0 Å². The molecule has 0 aliphatic carbocycles. The SMILES string of the molecule is COC(=O)C1=C(c2ccc(F)cc2)CCN(C)C1. The first-order valence-electron chi connectivity index (χ1n) is 5.86. The first kappa shape index (κ1) is 12.8. The van der Waals surface area contributed by atoms with Crippen molar-refractivity contribution in [2.45, 2.75) is 6.42 Å². The lowest BCUT2D eigenvalue weighted by Gasteiger charge is -2.26. The summed E-state index contributed by atoms with van der Waals surface area (Å²) in [6, 6.07) is 6.24. The minimum atomic E-state index is -0.305. The zero-order valence-corrected chi connectivity index (χ0v) is 10.6. The topological polar surface area (TPSA) is 29.5 Å². The number of methoxy groups -OCH3 is 1. The molecule has 0 radical (unpaired) electrons. The maximum absolute atomic E-state index is 12.9. The molecule has 18 heavy (non-hydrogen) atoms. The number of carbonyl (C=O) groups is 1. The molecule has 3 nitrogen and oxygen atoms in total. The molecule has 0 bridgehead atoms. The van der Waals surface area contributed by atoms with Crippen LogP contribution in [-0.2, 0) is 9.53 Å². The van der Waals surface area contributed by atoms with E-state index in [-0.39, 0.29) is 11.8 Å². The van der Waals surface area contributed by atoms with E-state index in [9.17, 15) is 9.18 Å². The Balaban J connectivity index is 2.42. The summed E-state index contributed by atoms with van der Waals surface area (Å²) < 4.78 is 17.7. The number of ether oxygens (including phenoxy) is 1. The van der Waals surface area contributed by atoms with Crippen LogP contribution in [0.1, 0.15) is 12.0 Å². The fourth-order valence-corrected chi connectivity index (χ4v) is 2.18. The molecule has 2 rings (SSSR count). The highest BCUT2D eigenvalue weighted by atomic mass is 19.1. The van der Waals surface area contributed by atoms with Crippen molar-refractivity contribution < 1.29 is 13.9 Å². The molecule has 0 saturated carbocycles. The smallest absolute Gasteiger partial charge is 0.335 e. The molecule has 0 saturated heterocycles. The van der Waals surface area contributed by atoms with Gasteiger partial charge < -0.3 is 9.64 Å². The molecule has 0 aromatic heterocycles. The Morgan fingerprint density at radius 2 is 2.00 bits per heavy atom. The summed E-state index contributed by atoms with van der Waals surface area (Å²) in [4.78, 5) is 13.9. The summed E-state index contributed by atoms with van der Waals surface area (Å²) in [7, 11) is 3.34. The highest BCUT2D eigenvalue weighted by molar-refractivity contribution is 5.98. The third-order valence-corrected chi connectivity index (χ3v) is 3.16. The molecule has 1 aromatic rings. The summed E-state index contributed by atoms with van der Waals surface area (Å²) in [6.45, 7) is 1.45. The molecule has 0 unspecified atom stereocenters. The van der Waals surface area contributed by atoms with E-state index in [2.05, 4.69) is 4.90 Å². The van der Waals surface area contributed by atoms with Crippen LogP contribution >= 0.6 is 0 Å². The van der Waals surface area contributed by atoms with Crippen molar-refractivity contribution in [1.29, 1.82) is 0 Å². The Morgan fingerprint density at radius 1 is 1.33 bits per heavy atom. The normalized spacial score (nSPS) is 16.8. The van der Waals surface area contributed by atoms with Gasteiger partial charge in [0.25, 0.3) is 0 Å². The predicted octanol–water partition coefficient (Wildman–Crippen LogP) is 2.09. The Labute approximate surface area is 106 Å². The van der Waals surface area contributed by atoms with E-state index < -0.39 is 0 Å². The van der Waals surface area contributed by atoms with Crippen molar-refractivity contribution in [3.63, 3.8) is 0 Å². The van der Waals surface area contributed by atoms with Crippen molar-refractivity contribution >= 4 is 11.5 Å². The number of hydrogen-bond acceptors (Lipinski definition) is 3. The van der Waals surface area contributed by atoms with E-state index in [4.69, 9.17) is 4.74 Å². The number of nitrogens with zero attached hydrogens (tertiary/aromatic N) is 1. The average Bonchev–Trinajstić information content (AvgIpc) is 2.39. The fourth-order valence-electron chi connectivity index (χ4n) is 2.18. The zero-order valence-electron chi connectivity index (χ0n) is 10.6. The lowest BCUT2D eigenvalue weighted by molar-refractivity contribution is -0.136.